The number of carboxylic acid groups (broad SMARTS) is 1. The van der Waals surface area contributed by atoms with Crippen LogP contribution in [0.5, 0.6) is 0 Å². The highest BCUT2D eigenvalue weighted by atomic mass is 35.5. The monoisotopic (exact) mass is 310 g/mol. The molecule has 2 rings (SSSR count). The molecule has 1 amide bonds. The number of hydrogen-bond acceptors (Lipinski definition) is 3. The van der Waals surface area contributed by atoms with Crippen molar-refractivity contribution < 1.29 is 14.7 Å². The average molecular weight is 311 g/mol. The summed E-state index contributed by atoms with van der Waals surface area (Å²) >= 11 is 5.80. The van der Waals surface area contributed by atoms with Gasteiger partial charge in [0.2, 0.25) is 0 Å². The summed E-state index contributed by atoms with van der Waals surface area (Å²) in [5, 5.41) is 9.75. The Kier molecular flexibility index (Phi) is 4.83. The summed E-state index contributed by atoms with van der Waals surface area (Å²) in [7, 11) is 0. The minimum absolute atomic E-state index is 0.187. The van der Waals surface area contributed by atoms with Crippen molar-refractivity contribution >= 4 is 23.5 Å². The van der Waals surface area contributed by atoms with E-state index in [9.17, 15) is 14.7 Å². The summed E-state index contributed by atoms with van der Waals surface area (Å²) in [6.45, 7) is 2.87. The molecule has 2 heterocycles. The average Bonchev–Trinajstić information content (AvgIpc) is 2.47. The molecule has 1 fully saturated rings. The van der Waals surface area contributed by atoms with E-state index in [-0.39, 0.29) is 11.1 Å². The van der Waals surface area contributed by atoms with Gasteiger partial charge in [0.15, 0.2) is 0 Å². The molecular weight excluding hydrogens is 292 g/mol. The van der Waals surface area contributed by atoms with Gasteiger partial charge in [-0.25, -0.2) is 4.98 Å². The Labute approximate surface area is 128 Å². The third-order valence-corrected chi connectivity index (χ3v) is 4.33. The first-order chi connectivity index (χ1) is 9.98. The number of carbonyl (C=O) groups is 2. The lowest BCUT2D eigenvalue weighted by molar-refractivity contribution is -0.152. The van der Waals surface area contributed by atoms with Crippen LogP contribution in [-0.2, 0) is 4.79 Å². The molecule has 1 aliphatic heterocycles. The zero-order valence-corrected chi connectivity index (χ0v) is 12.8. The lowest BCUT2D eigenvalue weighted by Gasteiger charge is -2.38. The standard InChI is InChI=1S/C15H19ClN2O3/c1-2-6-15(14(20)21)7-9-18(10-8-15)13(19)11-4-3-5-12(16)17-11/h3-5H,2,6-10H2,1H3,(H,20,21). The smallest absolute Gasteiger partial charge is 0.309 e. The Morgan fingerprint density at radius 3 is 2.57 bits per heavy atom. The molecule has 5 nitrogen and oxygen atoms in total. The maximum Gasteiger partial charge on any atom is 0.309 e. The van der Waals surface area contributed by atoms with E-state index in [1.165, 1.54) is 0 Å². The zero-order valence-electron chi connectivity index (χ0n) is 12.0. The van der Waals surface area contributed by atoms with E-state index in [4.69, 9.17) is 11.6 Å². The summed E-state index contributed by atoms with van der Waals surface area (Å²) in [6, 6.07) is 4.93. The number of piperidine rings is 1. The summed E-state index contributed by atoms with van der Waals surface area (Å²) in [4.78, 5) is 29.5. The lowest BCUT2D eigenvalue weighted by atomic mass is 9.75. The van der Waals surface area contributed by atoms with Gasteiger partial charge in [-0.1, -0.05) is 31.0 Å². The third kappa shape index (κ3) is 3.35. The molecule has 0 saturated carbocycles. The number of carboxylic acids is 1. The van der Waals surface area contributed by atoms with Gasteiger partial charge in [-0.2, -0.15) is 0 Å². The number of amides is 1. The quantitative estimate of drug-likeness (QED) is 0.868. The largest absolute Gasteiger partial charge is 0.481 e. The fourth-order valence-electron chi connectivity index (χ4n) is 2.88. The summed E-state index contributed by atoms with van der Waals surface area (Å²) in [5.74, 6) is -0.940. The molecule has 1 N–H and O–H groups in total. The lowest BCUT2D eigenvalue weighted by Crippen LogP contribution is -2.46. The van der Waals surface area contributed by atoms with Crippen LogP contribution in [0, 0.1) is 5.41 Å². The van der Waals surface area contributed by atoms with Crippen LogP contribution in [0.15, 0.2) is 18.2 Å². The van der Waals surface area contributed by atoms with E-state index in [1.54, 1.807) is 23.1 Å². The maximum absolute atomic E-state index is 12.3. The van der Waals surface area contributed by atoms with E-state index in [2.05, 4.69) is 4.98 Å². The van der Waals surface area contributed by atoms with Crippen molar-refractivity contribution in [2.45, 2.75) is 32.6 Å². The van der Waals surface area contributed by atoms with Crippen molar-refractivity contribution in [1.82, 2.24) is 9.88 Å². The third-order valence-electron chi connectivity index (χ3n) is 4.12. The Morgan fingerprint density at radius 2 is 2.05 bits per heavy atom. The molecular formula is C15H19ClN2O3. The number of aromatic nitrogens is 1. The van der Waals surface area contributed by atoms with Gasteiger partial charge < -0.3 is 10.0 Å². The number of carbonyl (C=O) groups excluding carboxylic acids is 1. The first kappa shape index (κ1) is 15.8. The van der Waals surface area contributed by atoms with E-state index < -0.39 is 11.4 Å². The molecule has 1 aliphatic rings. The fraction of sp³-hybridized carbons (Fsp3) is 0.533. The second-order valence-corrected chi connectivity index (χ2v) is 5.86. The van der Waals surface area contributed by atoms with Crippen molar-refractivity contribution in [3.05, 3.63) is 29.0 Å². The van der Waals surface area contributed by atoms with Crippen LogP contribution in [-0.4, -0.2) is 40.0 Å². The van der Waals surface area contributed by atoms with Gasteiger partial charge in [-0.15, -0.1) is 0 Å². The minimum atomic E-state index is -0.752. The van der Waals surface area contributed by atoms with Crippen LogP contribution in [0.25, 0.3) is 0 Å². The van der Waals surface area contributed by atoms with Crippen LogP contribution in [0.1, 0.15) is 43.1 Å². The highest BCUT2D eigenvalue weighted by Crippen LogP contribution is 2.36. The summed E-state index contributed by atoms with van der Waals surface area (Å²) in [5.41, 5.74) is -0.381. The van der Waals surface area contributed by atoms with Crippen LogP contribution in [0.3, 0.4) is 0 Å². The molecule has 1 saturated heterocycles. The van der Waals surface area contributed by atoms with Crippen molar-refractivity contribution in [3.63, 3.8) is 0 Å². The summed E-state index contributed by atoms with van der Waals surface area (Å²) < 4.78 is 0. The molecule has 0 bridgehead atoms. The Bertz CT molecular complexity index is 539. The van der Waals surface area contributed by atoms with E-state index in [0.29, 0.717) is 38.0 Å². The Morgan fingerprint density at radius 1 is 1.38 bits per heavy atom. The van der Waals surface area contributed by atoms with E-state index in [1.807, 2.05) is 6.92 Å². The predicted molar refractivity (Wildman–Crippen MR) is 79.4 cm³/mol. The molecule has 21 heavy (non-hydrogen) atoms. The topological polar surface area (TPSA) is 70.5 Å². The molecule has 0 aliphatic carbocycles. The molecule has 1 aromatic rings. The van der Waals surface area contributed by atoms with Crippen molar-refractivity contribution in [1.29, 1.82) is 0 Å². The van der Waals surface area contributed by atoms with Gasteiger partial charge in [0.05, 0.1) is 5.41 Å². The number of pyridine rings is 1. The van der Waals surface area contributed by atoms with Gasteiger partial charge >= 0.3 is 5.97 Å². The molecule has 0 aromatic carbocycles. The van der Waals surface area contributed by atoms with Gasteiger partial charge in [-0.05, 0) is 31.4 Å². The molecule has 0 atom stereocenters. The Hall–Kier alpha value is -1.62. The van der Waals surface area contributed by atoms with Crippen molar-refractivity contribution in [2.24, 2.45) is 5.41 Å². The van der Waals surface area contributed by atoms with E-state index in [0.717, 1.165) is 6.42 Å². The second kappa shape index (κ2) is 6.43. The molecule has 0 radical (unpaired) electrons. The maximum atomic E-state index is 12.3. The summed E-state index contributed by atoms with van der Waals surface area (Å²) in [6.07, 6.45) is 2.46. The zero-order chi connectivity index (χ0) is 15.5. The number of aliphatic carboxylic acids is 1. The van der Waals surface area contributed by atoms with Crippen LogP contribution < -0.4 is 0 Å². The second-order valence-electron chi connectivity index (χ2n) is 5.47. The molecule has 0 spiro atoms. The first-order valence-electron chi connectivity index (χ1n) is 7.14. The molecule has 1 aromatic heterocycles. The number of halogens is 1. The first-order valence-corrected chi connectivity index (χ1v) is 7.51. The van der Waals surface area contributed by atoms with Crippen LogP contribution >= 0.6 is 11.6 Å². The normalized spacial score (nSPS) is 17.5. The Balaban J connectivity index is 2.06. The van der Waals surface area contributed by atoms with Crippen molar-refractivity contribution in [3.8, 4) is 0 Å². The van der Waals surface area contributed by atoms with Crippen LogP contribution in [0.4, 0.5) is 0 Å². The van der Waals surface area contributed by atoms with E-state index >= 15 is 0 Å². The fourth-order valence-corrected chi connectivity index (χ4v) is 3.04. The van der Waals surface area contributed by atoms with Crippen molar-refractivity contribution in [2.75, 3.05) is 13.1 Å². The highest BCUT2D eigenvalue weighted by molar-refractivity contribution is 6.29. The molecule has 6 heteroatoms. The highest BCUT2D eigenvalue weighted by Gasteiger charge is 2.41. The number of nitrogens with zero attached hydrogens (tertiary/aromatic N) is 2. The minimum Gasteiger partial charge on any atom is -0.481 e. The number of rotatable bonds is 4. The number of likely N-dealkylation sites (tertiary alicyclic amines) is 1. The predicted octanol–water partition coefficient (Wildman–Crippen LogP) is 2.84. The molecule has 114 valence electrons. The van der Waals surface area contributed by atoms with Gasteiger partial charge in [0, 0.05) is 13.1 Å². The van der Waals surface area contributed by atoms with Gasteiger partial charge in [-0.3, -0.25) is 9.59 Å². The SMILES string of the molecule is CCCC1(C(=O)O)CCN(C(=O)c2cccc(Cl)n2)CC1. The number of hydrogen-bond donors (Lipinski definition) is 1. The van der Waals surface area contributed by atoms with Gasteiger partial charge in [0.25, 0.3) is 5.91 Å². The van der Waals surface area contributed by atoms with Crippen LogP contribution in [0.2, 0.25) is 5.15 Å². The molecule has 0 unspecified atom stereocenters. The van der Waals surface area contributed by atoms with Gasteiger partial charge in [0.1, 0.15) is 10.8 Å².